The van der Waals surface area contributed by atoms with Crippen molar-refractivity contribution in [2.75, 3.05) is 0 Å². The molecule has 0 fully saturated rings. The van der Waals surface area contributed by atoms with Crippen LogP contribution in [0.5, 0.6) is 0 Å². The van der Waals surface area contributed by atoms with Gasteiger partial charge in [-0.25, -0.2) is 0 Å². The average Bonchev–Trinajstić information content (AvgIpc) is 2.77. The second-order valence-corrected chi connectivity index (χ2v) is 8.67. The molecule has 0 bridgehead atoms. The Kier molecular flexibility index (Phi) is 4.34. The lowest BCUT2D eigenvalue weighted by Crippen LogP contribution is -2.09. The summed E-state index contributed by atoms with van der Waals surface area (Å²) in [6.07, 6.45) is 0. The van der Waals surface area contributed by atoms with Crippen molar-refractivity contribution in [3.05, 3.63) is 65.6 Å². The maximum atomic E-state index is 6.38. The highest BCUT2D eigenvalue weighted by molar-refractivity contribution is 9.13. The summed E-state index contributed by atoms with van der Waals surface area (Å²) in [5.41, 5.74) is 7.50. The predicted molar refractivity (Wildman–Crippen MR) is 97.4 cm³/mol. The summed E-state index contributed by atoms with van der Waals surface area (Å²) in [5.74, 6) is 0. The van der Waals surface area contributed by atoms with Gasteiger partial charge in [0.05, 0.1) is 9.83 Å². The van der Waals surface area contributed by atoms with Crippen molar-refractivity contribution in [2.24, 2.45) is 5.73 Å². The van der Waals surface area contributed by atoms with Gasteiger partial charge in [0, 0.05) is 13.8 Å². The molecule has 102 valence electrons. The second-order valence-electron chi connectivity index (χ2n) is 4.50. The molecule has 3 rings (SSSR count). The number of hydrogen-bond acceptors (Lipinski definition) is 2. The van der Waals surface area contributed by atoms with Crippen molar-refractivity contribution in [3.63, 3.8) is 0 Å². The summed E-state index contributed by atoms with van der Waals surface area (Å²) >= 11 is 12.2. The fourth-order valence-corrected chi connectivity index (χ4v) is 4.61. The quantitative estimate of drug-likeness (QED) is 0.466. The Balaban J connectivity index is 2.03. The highest BCUT2D eigenvalue weighted by atomic mass is 79.9. The second kappa shape index (κ2) is 5.89. The number of halogens is 3. The highest BCUT2D eigenvalue weighted by Crippen LogP contribution is 2.37. The van der Waals surface area contributed by atoms with Gasteiger partial charge in [-0.15, -0.1) is 11.3 Å². The summed E-state index contributed by atoms with van der Waals surface area (Å²) in [6.45, 7) is 0. The smallest absolute Gasteiger partial charge is 0.0843 e. The molecule has 0 aliphatic rings. The average molecular weight is 476 g/mol. The van der Waals surface area contributed by atoms with Gasteiger partial charge in [-0.1, -0.05) is 34.1 Å². The van der Waals surface area contributed by atoms with Gasteiger partial charge in [0.25, 0.3) is 0 Å². The Morgan fingerprint density at radius 2 is 1.60 bits per heavy atom. The van der Waals surface area contributed by atoms with Crippen LogP contribution >= 0.6 is 59.1 Å². The van der Waals surface area contributed by atoms with Gasteiger partial charge in [-0.2, -0.15) is 0 Å². The molecule has 20 heavy (non-hydrogen) atoms. The molecule has 0 aliphatic carbocycles. The molecule has 0 radical (unpaired) electrons. The molecule has 0 saturated carbocycles. The van der Waals surface area contributed by atoms with Crippen molar-refractivity contribution < 1.29 is 0 Å². The molecule has 0 saturated heterocycles. The van der Waals surface area contributed by atoms with E-state index in [0.717, 1.165) is 23.2 Å². The molecule has 5 heteroatoms. The first kappa shape index (κ1) is 14.7. The standard InChI is InChI=1S/C15H10Br3NS/c16-11-4-3-8-5-10(2-1-9(8)6-11)14(19)13-7-12(17)15(18)20-13/h1-7,14H,19H2. The van der Waals surface area contributed by atoms with Crippen molar-refractivity contribution in [1.82, 2.24) is 0 Å². The third kappa shape index (κ3) is 2.88. The molecule has 2 aromatic carbocycles. The van der Waals surface area contributed by atoms with E-state index in [1.165, 1.54) is 10.8 Å². The number of hydrogen-bond donors (Lipinski definition) is 1. The van der Waals surface area contributed by atoms with E-state index in [1.54, 1.807) is 11.3 Å². The first-order valence-corrected chi connectivity index (χ1v) is 9.13. The van der Waals surface area contributed by atoms with Crippen LogP contribution < -0.4 is 5.73 Å². The van der Waals surface area contributed by atoms with Gasteiger partial charge in [0.2, 0.25) is 0 Å². The van der Waals surface area contributed by atoms with Gasteiger partial charge in [0.1, 0.15) is 0 Å². The van der Waals surface area contributed by atoms with Crippen LogP contribution in [-0.4, -0.2) is 0 Å². The van der Waals surface area contributed by atoms with Crippen molar-refractivity contribution in [2.45, 2.75) is 6.04 Å². The summed E-state index contributed by atoms with van der Waals surface area (Å²) in [6, 6.07) is 14.6. The van der Waals surface area contributed by atoms with Crippen LogP contribution in [0.1, 0.15) is 16.5 Å². The molecule has 1 nitrogen and oxygen atoms in total. The molecule has 1 aromatic heterocycles. The van der Waals surface area contributed by atoms with Crippen molar-refractivity contribution in [1.29, 1.82) is 0 Å². The first-order chi connectivity index (χ1) is 9.54. The SMILES string of the molecule is NC(c1ccc2cc(Br)ccc2c1)c1cc(Br)c(Br)s1. The number of fused-ring (bicyclic) bond motifs is 1. The largest absolute Gasteiger partial charge is 0.320 e. The van der Waals surface area contributed by atoms with E-state index in [0.29, 0.717) is 0 Å². The Bertz CT molecular complexity index is 762. The van der Waals surface area contributed by atoms with Crippen molar-refractivity contribution in [3.8, 4) is 0 Å². The fraction of sp³-hybridized carbons (Fsp3) is 0.0667. The lowest BCUT2D eigenvalue weighted by molar-refractivity contribution is 0.895. The van der Waals surface area contributed by atoms with Crippen LogP contribution in [0.2, 0.25) is 0 Å². The number of thiophene rings is 1. The Hall–Kier alpha value is -0.200. The van der Waals surface area contributed by atoms with Gasteiger partial charge in [-0.05, 0) is 72.5 Å². The Morgan fingerprint density at radius 1 is 0.900 bits per heavy atom. The summed E-state index contributed by atoms with van der Waals surface area (Å²) in [7, 11) is 0. The minimum Gasteiger partial charge on any atom is -0.320 e. The normalized spacial score (nSPS) is 12.8. The lowest BCUT2D eigenvalue weighted by atomic mass is 10.0. The highest BCUT2D eigenvalue weighted by Gasteiger charge is 2.14. The van der Waals surface area contributed by atoms with E-state index in [1.807, 2.05) is 0 Å². The minimum absolute atomic E-state index is 0.101. The molecule has 1 heterocycles. The molecule has 0 amide bonds. The molecular weight excluding hydrogens is 466 g/mol. The van der Waals surface area contributed by atoms with E-state index < -0.39 is 0 Å². The molecule has 2 N–H and O–H groups in total. The van der Waals surface area contributed by atoms with Gasteiger partial charge < -0.3 is 5.73 Å². The molecule has 0 aliphatic heterocycles. The number of benzene rings is 2. The van der Waals surface area contributed by atoms with Crippen LogP contribution in [-0.2, 0) is 0 Å². The van der Waals surface area contributed by atoms with Crippen LogP contribution in [0, 0.1) is 0 Å². The summed E-state index contributed by atoms with van der Waals surface area (Å²) in [5, 5.41) is 2.42. The van der Waals surface area contributed by atoms with E-state index in [2.05, 4.69) is 90.3 Å². The Morgan fingerprint density at radius 3 is 2.30 bits per heavy atom. The first-order valence-electron chi connectivity index (χ1n) is 5.94. The zero-order valence-corrected chi connectivity index (χ0v) is 15.8. The summed E-state index contributed by atoms with van der Waals surface area (Å²) in [4.78, 5) is 1.14. The van der Waals surface area contributed by atoms with E-state index in [-0.39, 0.29) is 6.04 Å². The monoisotopic (exact) mass is 473 g/mol. The van der Waals surface area contributed by atoms with E-state index in [9.17, 15) is 0 Å². The van der Waals surface area contributed by atoms with Crippen molar-refractivity contribution >= 4 is 69.9 Å². The van der Waals surface area contributed by atoms with E-state index in [4.69, 9.17) is 5.73 Å². The molecule has 1 unspecified atom stereocenters. The zero-order valence-electron chi connectivity index (χ0n) is 10.2. The number of nitrogens with two attached hydrogens (primary N) is 1. The van der Waals surface area contributed by atoms with Crippen LogP contribution in [0.25, 0.3) is 10.8 Å². The van der Waals surface area contributed by atoms with E-state index >= 15 is 0 Å². The third-order valence-corrected chi connectivity index (χ3v) is 6.99. The number of rotatable bonds is 2. The van der Waals surface area contributed by atoms with Gasteiger partial charge in [0.15, 0.2) is 0 Å². The van der Waals surface area contributed by atoms with Crippen LogP contribution in [0.15, 0.2) is 55.2 Å². The topological polar surface area (TPSA) is 26.0 Å². The molecular formula is C15H10Br3NS. The maximum absolute atomic E-state index is 6.38. The minimum atomic E-state index is -0.101. The molecule has 1 atom stereocenters. The van der Waals surface area contributed by atoms with Crippen LogP contribution in [0.4, 0.5) is 0 Å². The van der Waals surface area contributed by atoms with Gasteiger partial charge >= 0.3 is 0 Å². The van der Waals surface area contributed by atoms with Gasteiger partial charge in [-0.3, -0.25) is 0 Å². The fourth-order valence-electron chi connectivity index (χ4n) is 2.11. The summed E-state index contributed by atoms with van der Waals surface area (Å²) < 4.78 is 3.22. The maximum Gasteiger partial charge on any atom is 0.0843 e. The lowest BCUT2D eigenvalue weighted by Gasteiger charge is -2.11. The molecule has 3 aromatic rings. The zero-order chi connectivity index (χ0) is 14.3. The molecule has 0 spiro atoms. The predicted octanol–water partition coefficient (Wildman–Crippen LogP) is 6.24. The third-order valence-electron chi connectivity index (χ3n) is 3.16. The van der Waals surface area contributed by atoms with Crippen LogP contribution in [0.3, 0.4) is 0 Å². The Labute approximate surface area is 146 Å².